The molecule has 0 aromatic rings. The summed E-state index contributed by atoms with van der Waals surface area (Å²) >= 11 is 0. The van der Waals surface area contributed by atoms with Crippen LogP contribution in [-0.2, 0) is 0 Å². The van der Waals surface area contributed by atoms with E-state index >= 15 is 0 Å². The third-order valence-electron chi connectivity index (χ3n) is 2.34. The number of hydrogen-bond donors (Lipinski definition) is 2. The molecule has 0 rings (SSSR count). The SMILES string of the molecule is C=C(N)C(C)(C)CC(C)(C)CN. The fourth-order valence-corrected chi connectivity index (χ4v) is 1.38. The number of allylic oxidation sites excluding steroid dienone is 1. The second-order valence-electron chi connectivity index (χ2n) is 4.95. The van der Waals surface area contributed by atoms with Gasteiger partial charge in [0.2, 0.25) is 0 Å². The van der Waals surface area contributed by atoms with Gasteiger partial charge >= 0.3 is 0 Å². The molecule has 0 heterocycles. The molecule has 0 atom stereocenters. The zero-order valence-electron chi connectivity index (χ0n) is 8.78. The van der Waals surface area contributed by atoms with E-state index in [1.165, 1.54) is 0 Å². The zero-order chi connectivity index (χ0) is 9.99. The van der Waals surface area contributed by atoms with Crippen molar-refractivity contribution in [1.82, 2.24) is 0 Å². The maximum atomic E-state index is 5.70. The van der Waals surface area contributed by atoms with Gasteiger partial charge in [-0.2, -0.15) is 0 Å². The molecule has 72 valence electrons. The van der Waals surface area contributed by atoms with E-state index in [9.17, 15) is 0 Å². The molecule has 0 saturated heterocycles. The van der Waals surface area contributed by atoms with Crippen molar-refractivity contribution in [1.29, 1.82) is 0 Å². The highest BCUT2D eigenvalue weighted by atomic mass is 14.6. The number of rotatable bonds is 4. The molecule has 0 aromatic carbocycles. The van der Waals surface area contributed by atoms with Gasteiger partial charge in [0.05, 0.1) is 0 Å². The lowest BCUT2D eigenvalue weighted by molar-refractivity contribution is 0.233. The number of nitrogens with two attached hydrogens (primary N) is 2. The maximum Gasteiger partial charge on any atom is 0.00651 e. The Balaban J connectivity index is 4.34. The summed E-state index contributed by atoms with van der Waals surface area (Å²) in [6.07, 6.45) is 0.978. The van der Waals surface area contributed by atoms with Crippen molar-refractivity contribution in [3.63, 3.8) is 0 Å². The summed E-state index contributed by atoms with van der Waals surface area (Å²) in [5, 5.41) is 0. The Morgan fingerprint density at radius 1 is 1.25 bits per heavy atom. The van der Waals surface area contributed by atoms with E-state index in [0.29, 0.717) is 6.54 Å². The molecule has 2 nitrogen and oxygen atoms in total. The fourth-order valence-electron chi connectivity index (χ4n) is 1.38. The van der Waals surface area contributed by atoms with Crippen LogP contribution in [0.1, 0.15) is 34.1 Å². The minimum absolute atomic E-state index is 0.0110. The Morgan fingerprint density at radius 2 is 1.67 bits per heavy atom. The predicted octanol–water partition coefficient (Wildman–Crippen LogP) is 1.86. The van der Waals surface area contributed by atoms with Crippen LogP contribution in [0.25, 0.3) is 0 Å². The second kappa shape index (κ2) is 3.48. The summed E-state index contributed by atoms with van der Waals surface area (Å²) in [4.78, 5) is 0. The molecule has 0 spiro atoms. The standard InChI is InChI=1S/C10H22N2/c1-8(12)10(4,5)6-9(2,3)7-11/h1,6-7,11-12H2,2-5H3. The van der Waals surface area contributed by atoms with Crippen molar-refractivity contribution in [3.05, 3.63) is 12.3 Å². The van der Waals surface area contributed by atoms with Crippen molar-refractivity contribution in [3.8, 4) is 0 Å². The van der Waals surface area contributed by atoms with E-state index in [1.807, 2.05) is 0 Å². The quantitative estimate of drug-likeness (QED) is 0.676. The van der Waals surface area contributed by atoms with Crippen LogP contribution in [0.15, 0.2) is 12.3 Å². The van der Waals surface area contributed by atoms with Crippen molar-refractivity contribution >= 4 is 0 Å². The van der Waals surface area contributed by atoms with E-state index in [4.69, 9.17) is 11.5 Å². The van der Waals surface area contributed by atoms with Gasteiger partial charge in [-0.15, -0.1) is 0 Å². The molecule has 0 fully saturated rings. The smallest absolute Gasteiger partial charge is 0.00651 e. The average Bonchev–Trinajstić information content (AvgIpc) is 1.85. The van der Waals surface area contributed by atoms with Gasteiger partial charge in [-0.3, -0.25) is 0 Å². The van der Waals surface area contributed by atoms with Crippen LogP contribution >= 0.6 is 0 Å². The van der Waals surface area contributed by atoms with Gasteiger partial charge in [0.1, 0.15) is 0 Å². The molecule has 0 aliphatic carbocycles. The van der Waals surface area contributed by atoms with Crippen LogP contribution in [0, 0.1) is 10.8 Å². The van der Waals surface area contributed by atoms with Gasteiger partial charge in [0, 0.05) is 11.1 Å². The Labute approximate surface area is 76.0 Å². The Morgan fingerprint density at radius 3 is 1.92 bits per heavy atom. The predicted molar refractivity (Wildman–Crippen MR) is 54.6 cm³/mol. The zero-order valence-corrected chi connectivity index (χ0v) is 8.78. The first-order valence-corrected chi connectivity index (χ1v) is 4.36. The van der Waals surface area contributed by atoms with E-state index in [0.717, 1.165) is 12.1 Å². The summed E-state index contributed by atoms with van der Waals surface area (Å²) in [6.45, 7) is 13.0. The fraction of sp³-hybridized carbons (Fsp3) is 0.800. The molecule has 0 saturated carbocycles. The summed E-state index contributed by atoms with van der Waals surface area (Å²) in [6, 6.07) is 0. The molecule has 12 heavy (non-hydrogen) atoms. The van der Waals surface area contributed by atoms with Crippen LogP contribution in [0.4, 0.5) is 0 Å². The Hall–Kier alpha value is -0.500. The Kier molecular flexibility index (Phi) is 3.34. The van der Waals surface area contributed by atoms with Crippen molar-refractivity contribution in [2.75, 3.05) is 6.54 Å². The lowest BCUT2D eigenvalue weighted by atomic mass is 9.74. The first-order valence-electron chi connectivity index (χ1n) is 4.36. The molecule has 0 aliphatic rings. The number of hydrogen-bond acceptors (Lipinski definition) is 2. The third kappa shape index (κ3) is 3.26. The van der Waals surface area contributed by atoms with Crippen molar-refractivity contribution in [2.45, 2.75) is 34.1 Å². The maximum absolute atomic E-state index is 5.70. The van der Waals surface area contributed by atoms with Gasteiger partial charge in [-0.05, 0) is 18.4 Å². The molecule has 0 unspecified atom stereocenters. The summed E-state index contributed by atoms with van der Waals surface area (Å²) < 4.78 is 0. The largest absolute Gasteiger partial charge is 0.402 e. The molecule has 0 bridgehead atoms. The molecule has 2 heteroatoms. The van der Waals surface area contributed by atoms with Crippen LogP contribution in [0.3, 0.4) is 0 Å². The third-order valence-corrected chi connectivity index (χ3v) is 2.34. The van der Waals surface area contributed by atoms with E-state index in [1.54, 1.807) is 0 Å². The van der Waals surface area contributed by atoms with Crippen LogP contribution < -0.4 is 11.5 Å². The highest BCUT2D eigenvalue weighted by Crippen LogP contribution is 2.35. The molecule has 0 amide bonds. The minimum Gasteiger partial charge on any atom is -0.402 e. The van der Waals surface area contributed by atoms with E-state index in [-0.39, 0.29) is 10.8 Å². The van der Waals surface area contributed by atoms with Crippen LogP contribution in [0.2, 0.25) is 0 Å². The van der Waals surface area contributed by atoms with Gasteiger partial charge in [-0.1, -0.05) is 34.3 Å². The van der Waals surface area contributed by atoms with Gasteiger partial charge in [-0.25, -0.2) is 0 Å². The topological polar surface area (TPSA) is 52.0 Å². The normalized spacial score (nSPS) is 13.1. The van der Waals surface area contributed by atoms with Crippen molar-refractivity contribution < 1.29 is 0 Å². The monoisotopic (exact) mass is 170 g/mol. The van der Waals surface area contributed by atoms with E-state index in [2.05, 4.69) is 34.3 Å². The second-order valence-corrected chi connectivity index (χ2v) is 4.95. The summed E-state index contributed by atoms with van der Waals surface area (Å²) in [5.74, 6) is 0. The van der Waals surface area contributed by atoms with E-state index < -0.39 is 0 Å². The first-order chi connectivity index (χ1) is 5.21. The lowest BCUT2D eigenvalue weighted by Gasteiger charge is -2.34. The molecular formula is C10H22N2. The molecule has 0 radical (unpaired) electrons. The minimum atomic E-state index is -0.0110. The van der Waals surface area contributed by atoms with Gasteiger partial charge in [0.25, 0.3) is 0 Å². The lowest BCUT2D eigenvalue weighted by Crippen LogP contribution is -2.32. The highest BCUT2D eigenvalue weighted by Gasteiger charge is 2.28. The summed E-state index contributed by atoms with van der Waals surface area (Å²) in [7, 11) is 0. The molecular weight excluding hydrogens is 148 g/mol. The molecule has 0 aliphatic heterocycles. The van der Waals surface area contributed by atoms with Crippen LogP contribution in [0.5, 0.6) is 0 Å². The highest BCUT2D eigenvalue weighted by molar-refractivity contribution is 5.03. The summed E-state index contributed by atoms with van der Waals surface area (Å²) in [5.41, 5.74) is 12.2. The van der Waals surface area contributed by atoms with Crippen LogP contribution in [-0.4, -0.2) is 6.54 Å². The average molecular weight is 170 g/mol. The molecule has 4 N–H and O–H groups in total. The first kappa shape index (κ1) is 11.5. The van der Waals surface area contributed by atoms with Gasteiger partial charge in [0.15, 0.2) is 0 Å². The van der Waals surface area contributed by atoms with Crippen molar-refractivity contribution in [2.24, 2.45) is 22.3 Å². The van der Waals surface area contributed by atoms with Gasteiger partial charge < -0.3 is 11.5 Å². The Bertz CT molecular complexity index is 169. The molecule has 0 aromatic heterocycles.